The first kappa shape index (κ1) is 27.6. The molecule has 1 aliphatic rings. The van der Waals surface area contributed by atoms with Gasteiger partial charge < -0.3 is 15.2 Å². The van der Waals surface area contributed by atoms with E-state index in [1.807, 2.05) is 13.8 Å². The molecular formula is C24H35N5O4. The number of aliphatic imine (C=N–C) groups is 1. The van der Waals surface area contributed by atoms with Crippen LogP contribution in [-0.4, -0.2) is 54.1 Å². The van der Waals surface area contributed by atoms with Gasteiger partial charge in [-0.1, -0.05) is 20.4 Å². The van der Waals surface area contributed by atoms with Gasteiger partial charge in [-0.05, 0) is 51.8 Å². The Morgan fingerprint density at radius 1 is 1.33 bits per heavy atom. The van der Waals surface area contributed by atoms with Crippen molar-refractivity contribution in [3.8, 4) is 5.75 Å². The summed E-state index contributed by atoms with van der Waals surface area (Å²) in [6.07, 6.45) is 4.02. The summed E-state index contributed by atoms with van der Waals surface area (Å²) in [5.41, 5.74) is 5.50. The fraction of sp³-hybridized carbons (Fsp3) is 0.417. The zero-order valence-corrected chi connectivity index (χ0v) is 20.3. The molecule has 0 aliphatic carbocycles. The zero-order chi connectivity index (χ0) is 25.0. The van der Waals surface area contributed by atoms with Crippen LogP contribution in [0, 0.1) is 0 Å². The van der Waals surface area contributed by atoms with Crippen LogP contribution in [-0.2, 0) is 4.79 Å². The number of hydrogen-bond donors (Lipinski definition) is 3. The number of nitrogens with zero attached hydrogens (tertiary/aromatic N) is 3. The lowest BCUT2D eigenvalue weighted by Crippen LogP contribution is -2.41. The first-order valence-electron chi connectivity index (χ1n) is 10.9. The molecule has 180 valence electrons. The predicted octanol–water partition coefficient (Wildman–Crippen LogP) is 3.50. The van der Waals surface area contributed by atoms with Crippen LogP contribution in [0.15, 0.2) is 51.8 Å². The number of aliphatic hydroxyl groups is 1. The number of carbonyl (C=O) groups is 2. The highest BCUT2D eigenvalue weighted by Gasteiger charge is 2.22. The minimum absolute atomic E-state index is 0.113. The number of aliphatic hydroxyl groups excluding tert-OH is 1. The molecular weight excluding hydrogens is 422 g/mol. The number of rotatable bonds is 8. The summed E-state index contributed by atoms with van der Waals surface area (Å²) >= 11 is 0. The van der Waals surface area contributed by atoms with Crippen molar-refractivity contribution in [1.82, 2.24) is 15.6 Å². The maximum absolute atomic E-state index is 12.7. The Morgan fingerprint density at radius 2 is 1.97 bits per heavy atom. The molecule has 9 heteroatoms. The number of methoxy groups -OCH3 is 1. The molecule has 3 N–H and O–H groups in total. The molecule has 0 bridgehead atoms. The van der Waals surface area contributed by atoms with Gasteiger partial charge in [0.15, 0.2) is 0 Å². The van der Waals surface area contributed by atoms with E-state index in [9.17, 15) is 9.59 Å². The van der Waals surface area contributed by atoms with Crippen LogP contribution in [0.3, 0.4) is 0 Å². The number of hydrazone groups is 1. The van der Waals surface area contributed by atoms with Crippen molar-refractivity contribution in [2.45, 2.75) is 53.5 Å². The highest BCUT2D eigenvalue weighted by Crippen LogP contribution is 2.30. The minimum atomic E-state index is -0.170. The van der Waals surface area contributed by atoms with Gasteiger partial charge in [0.2, 0.25) is 5.96 Å². The average molecular weight is 458 g/mol. The molecule has 0 saturated heterocycles. The predicted molar refractivity (Wildman–Crippen MR) is 132 cm³/mol. The largest absolute Gasteiger partial charge is 0.494 e. The normalized spacial score (nSPS) is 14.8. The van der Waals surface area contributed by atoms with Gasteiger partial charge >= 0.3 is 0 Å². The lowest BCUT2D eigenvalue weighted by atomic mass is 10.1. The van der Waals surface area contributed by atoms with Crippen molar-refractivity contribution in [2.75, 3.05) is 13.7 Å². The topological polar surface area (TPSA) is 116 Å². The third kappa shape index (κ3) is 7.57. The van der Waals surface area contributed by atoms with E-state index < -0.39 is 0 Å². The van der Waals surface area contributed by atoms with E-state index in [4.69, 9.17) is 9.84 Å². The molecule has 1 aliphatic heterocycles. The van der Waals surface area contributed by atoms with Crippen molar-refractivity contribution in [2.24, 2.45) is 10.1 Å². The molecule has 9 nitrogen and oxygen atoms in total. The van der Waals surface area contributed by atoms with Crippen molar-refractivity contribution >= 4 is 30.1 Å². The van der Waals surface area contributed by atoms with Gasteiger partial charge in [-0.15, -0.1) is 0 Å². The van der Waals surface area contributed by atoms with Crippen molar-refractivity contribution in [3.63, 3.8) is 0 Å². The molecule has 0 aromatic heterocycles. The lowest BCUT2D eigenvalue weighted by Gasteiger charge is -2.29. The standard InChI is InChI=1S/C22H29N5O3.C2H6O/c1-7-18(8-2)24-21(29)17-9-10-20(30-6)19(11-17)25-22-26-23-12-15(4)27(22)16(5)14(3)13-28;1-2-3/h9-13,18H,4,7-8H2,1-3,5-6H3,(H,24,29)(H,25,26);3H,2H2,1H3/b16-14+;. The van der Waals surface area contributed by atoms with Gasteiger partial charge in [0.1, 0.15) is 17.7 Å². The van der Waals surface area contributed by atoms with Crippen molar-refractivity contribution < 1.29 is 19.4 Å². The van der Waals surface area contributed by atoms with Crippen LogP contribution in [0.4, 0.5) is 5.69 Å². The maximum atomic E-state index is 12.7. The molecule has 0 unspecified atom stereocenters. The SMILES string of the molecule is C=C1C=NNC(=Nc2cc(C(=O)NC(CC)CC)ccc2OC)N1/C(C)=C(\C)C=O.CCO. The Hall–Kier alpha value is -3.46. The molecule has 1 heterocycles. The Kier molecular flexibility index (Phi) is 11.6. The molecule has 1 amide bonds. The number of nitrogens with one attached hydrogen (secondary N) is 2. The zero-order valence-electron chi connectivity index (χ0n) is 20.3. The molecule has 33 heavy (non-hydrogen) atoms. The monoisotopic (exact) mass is 457 g/mol. The van der Waals surface area contributed by atoms with Crippen molar-refractivity contribution in [3.05, 3.63) is 47.3 Å². The summed E-state index contributed by atoms with van der Waals surface area (Å²) in [4.78, 5) is 30.2. The Labute approximate surface area is 195 Å². The van der Waals surface area contributed by atoms with E-state index in [0.717, 1.165) is 19.1 Å². The second kappa shape index (κ2) is 13.8. The highest BCUT2D eigenvalue weighted by molar-refractivity contribution is 5.98. The van der Waals surface area contributed by atoms with E-state index >= 15 is 0 Å². The Morgan fingerprint density at radius 3 is 2.52 bits per heavy atom. The van der Waals surface area contributed by atoms with Gasteiger partial charge in [-0.25, -0.2) is 10.4 Å². The van der Waals surface area contributed by atoms with E-state index in [0.29, 0.717) is 39.9 Å². The lowest BCUT2D eigenvalue weighted by molar-refractivity contribution is -0.105. The fourth-order valence-corrected chi connectivity index (χ4v) is 2.91. The summed E-state index contributed by atoms with van der Waals surface area (Å²) in [5.74, 6) is 0.672. The highest BCUT2D eigenvalue weighted by atomic mass is 16.5. The van der Waals surface area contributed by atoms with Crippen LogP contribution in [0.2, 0.25) is 0 Å². The first-order chi connectivity index (χ1) is 15.8. The van der Waals surface area contributed by atoms with Gasteiger partial charge in [0.25, 0.3) is 5.91 Å². The molecule has 0 saturated carbocycles. The van der Waals surface area contributed by atoms with Crippen LogP contribution in [0.5, 0.6) is 5.75 Å². The van der Waals surface area contributed by atoms with Gasteiger partial charge in [0.05, 0.1) is 19.0 Å². The third-order valence-electron chi connectivity index (χ3n) is 4.95. The Balaban J connectivity index is 0.00000172. The van der Waals surface area contributed by atoms with E-state index in [1.54, 1.807) is 43.9 Å². The Bertz CT molecular complexity index is 933. The quantitative estimate of drug-likeness (QED) is 0.406. The second-order valence-corrected chi connectivity index (χ2v) is 7.21. The summed E-state index contributed by atoms with van der Waals surface area (Å²) in [5, 5.41) is 14.6. The van der Waals surface area contributed by atoms with Gasteiger partial charge in [-0.3, -0.25) is 14.5 Å². The number of guanidine groups is 1. The first-order valence-corrected chi connectivity index (χ1v) is 10.9. The summed E-state index contributed by atoms with van der Waals surface area (Å²) in [7, 11) is 1.54. The molecule has 1 aromatic carbocycles. The van der Waals surface area contributed by atoms with Crippen LogP contribution in [0.1, 0.15) is 57.8 Å². The number of ether oxygens (including phenoxy) is 1. The van der Waals surface area contributed by atoms with E-state index in [1.165, 1.54) is 13.3 Å². The molecule has 0 fully saturated rings. The summed E-state index contributed by atoms with van der Waals surface area (Å²) in [6, 6.07) is 5.18. The number of aldehydes is 1. The van der Waals surface area contributed by atoms with Crippen LogP contribution in [0.25, 0.3) is 0 Å². The number of amides is 1. The number of hydrogen-bond acceptors (Lipinski definition) is 6. The van der Waals surface area contributed by atoms with Crippen LogP contribution < -0.4 is 15.5 Å². The van der Waals surface area contributed by atoms with Crippen LogP contribution >= 0.6 is 0 Å². The summed E-state index contributed by atoms with van der Waals surface area (Å²) in [6.45, 7) is 13.5. The smallest absolute Gasteiger partial charge is 0.251 e. The molecule has 1 aromatic rings. The van der Waals surface area contributed by atoms with E-state index in [-0.39, 0.29) is 18.6 Å². The molecule has 0 atom stereocenters. The third-order valence-corrected chi connectivity index (χ3v) is 4.95. The molecule has 0 spiro atoms. The molecule has 0 radical (unpaired) electrons. The fourth-order valence-electron chi connectivity index (χ4n) is 2.91. The van der Waals surface area contributed by atoms with Crippen molar-refractivity contribution in [1.29, 1.82) is 0 Å². The van der Waals surface area contributed by atoms with Gasteiger partial charge in [-0.2, -0.15) is 5.10 Å². The average Bonchev–Trinajstić information content (AvgIpc) is 2.82. The van der Waals surface area contributed by atoms with E-state index in [2.05, 4.69) is 27.4 Å². The number of carbonyl (C=O) groups excluding carboxylic acids is 2. The van der Waals surface area contributed by atoms with Gasteiger partial charge in [0, 0.05) is 29.5 Å². The molecule has 2 rings (SSSR count). The number of allylic oxidation sites excluding steroid dienone is 3. The summed E-state index contributed by atoms with van der Waals surface area (Å²) < 4.78 is 5.42. The number of benzene rings is 1. The second-order valence-electron chi connectivity index (χ2n) is 7.21. The maximum Gasteiger partial charge on any atom is 0.251 e. The minimum Gasteiger partial charge on any atom is -0.494 e.